The van der Waals surface area contributed by atoms with Gasteiger partial charge in [0.2, 0.25) is 0 Å². The Morgan fingerprint density at radius 1 is 1.75 bits per heavy atom. The Bertz CT molecular complexity index is 78.6. The maximum Gasteiger partial charge on any atom is 0.0678 e. The minimum absolute atomic E-state index is 0.751. The van der Waals surface area contributed by atoms with Crippen LogP contribution in [0, 0.1) is 0 Å². The standard InChI is InChI=1S/C6H12OS/c1-6(4-7-2)5-8-3/h5H,4H2,1-3H3. The van der Waals surface area contributed by atoms with Crippen LogP contribution in [0.2, 0.25) is 0 Å². The predicted octanol–water partition coefficient (Wildman–Crippen LogP) is 1.90. The Kier molecular flexibility index (Phi) is 5.22. The number of ether oxygens (including phenoxy) is 1. The third kappa shape index (κ3) is 4.22. The Labute approximate surface area is 55.1 Å². The fourth-order valence-electron chi connectivity index (χ4n) is 0.463. The number of rotatable bonds is 3. The van der Waals surface area contributed by atoms with Crippen LogP contribution in [-0.2, 0) is 4.74 Å². The fraction of sp³-hybridized carbons (Fsp3) is 0.667. The summed E-state index contributed by atoms with van der Waals surface area (Å²) < 4.78 is 4.87. The second-order valence-corrected chi connectivity index (χ2v) is 2.34. The van der Waals surface area contributed by atoms with Gasteiger partial charge in [0, 0.05) is 7.11 Å². The van der Waals surface area contributed by atoms with E-state index in [1.807, 2.05) is 6.26 Å². The Morgan fingerprint density at radius 3 is 2.75 bits per heavy atom. The number of methoxy groups -OCH3 is 1. The highest BCUT2D eigenvalue weighted by atomic mass is 32.2. The van der Waals surface area contributed by atoms with E-state index in [1.54, 1.807) is 18.9 Å². The Balaban J connectivity index is 3.29. The molecule has 2 heteroatoms. The van der Waals surface area contributed by atoms with Crippen LogP contribution in [0.5, 0.6) is 0 Å². The van der Waals surface area contributed by atoms with Crippen molar-refractivity contribution in [1.82, 2.24) is 0 Å². The number of thioether (sulfide) groups is 1. The van der Waals surface area contributed by atoms with Gasteiger partial charge in [-0.05, 0) is 24.2 Å². The summed E-state index contributed by atoms with van der Waals surface area (Å²) in [5.41, 5.74) is 1.28. The van der Waals surface area contributed by atoms with E-state index in [0.29, 0.717) is 0 Å². The van der Waals surface area contributed by atoms with E-state index in [9.17, 15) is 0 Å². The first kappa shape index (κ1) is 8.05. The summed E-state index contributed by atoms with van der Waals surface area (Å²) in [6.07, 6.45) is 2.04. The summed E-state index contributed by atoms with van der Waals surface area (Å²) in [5.74, 6) is 0. The summed E-state index contributed by atoms with van der Waals surface area (Å²) in [7, 11) is 1.71. The summed E-state index contributed by atoms with van der Waals surface area (Å²) in [5, 5.41) is 2.09. The fourth-order valence-corrected chi connectivity index (χ4v) is 0.933. The lowest BCUT2D eigenvalue weighted by molar-refractivity contribution is 0.226. The van der Waals surface area contributed by atoms with Gasteiger partial charge < -0.3 is 4.74 Å². The predicted molar refractivity (Wildman–Crippen MR) is 39.1 cm³/mol. The van der Waals surface area contributed by atoms with Crippen molar-refractivity contribution in [1.29, 1.82) is 0 Å². The quantitative estimate of drug-likeness (QED) is 0.580. The number of hydrogen-bond donors (Lipinski definition) is 0. The minimum atomic E-state index is 0.751. The van der Waals surface area contributed by atoms with Crippen LogP contribution in [0.15, 0.2) is 11.0 Å². The molecule has 0 aromatic heterocycles. The maximum atomic E-state index is 4.87. The average Bonchev–Trinajstić information content (AvgIpc) is 1.68. The molecule has 0 atom stereocenters. The van der Waals surface area contributed by atoms with Crippen LogP contribution in [-0.4, -0.2) is 20.0 Å². The van der Waals surface area contributed by atoms with E-state index in [0.717, 1.165) is 6.61 Å². The summed E-state index contributed by atoms with van der Waals surface area (Å²) in [6, 6.07) is 0. The molecule has 0 saturated carbocycles. The molecule has 0 aromatic carbocycles. The van der Waals surface area contributed by atoms with Gasteiger partial charge in [-0.1, -0.05) is 0 Å². The molecule has 0 radical (unpaired) electrons. The molecule has 0 aliphatic carbocycles. The summed E-state index contributed by atoms with van der Waals surface area (Å²) in [4.78, 5) is 0. The zero-order valence-corrected chi connectivity index (χ0v) is 6.42. The van der Waals surface area contributed by atoms with E-state index >= 15 is 0 Å². The smallest absolute Gasteiger partial charge is 0.0678 e. The zero-order valence-electron chi connectivity index (χ0n) is 5.60. The van der Waals surface area contributed by atoms with Crippen LogP contribution in [0.4, 0.5) is 0 Å². The van der Waals surface area contributed by atoms with Gasteiger partial charge in [-0.15, -0.1) is 11.8 Å². The van der Waals surface area contributed by atoms with E-state index in [-0.39, 0.29) is 0 Å². The molecule has 0 aliphatic rings. The van der Waals surface area contributed by atoms with Gasteiger partial charge in [-0.3, -0.25) is 0 Å². The third-order valence-electron chi connectivity index (χ3n) is 0.691. The van der Waals surface area contributed by atoms with Gasteiger partial charge in [0.25, 0.3) is 0 Å². The molecule has 0 unspecified atom stereocenters. The normalized spacial score (nSPS) is 12.1. The Morgan fingerprint density at radius 2 is 2.38 bits per heavy atom. The molecular formula is C6H12OS. The van der Waals surface area contributed by atoms with Crippen LogP contribution >= 0.6 is 11.8 Å². The van der Waals surface area contributed by atoms with E-state index in [2.05, 4.69) is 12.3 Å². The largest absolute Gasteiger partial charge is 0.380 e. The molecule has 0 spiro atoms. The zero-order chi connectivity index (χ0) is 6.41. The van der Waals surface area contributed by atoms with Crippen LogP contribution in [0.1, 0.15) is 6.92 Å². The van der Waals surface area contributed by atoms with Crippen molar-refractivity contribution < 1.29 is 4.74 Å². The monoisotopic (exact) mass is 132 g/mol. The van der Waals surface area contributed by atoms with Gasteiger partial charge in [0.1, 0.15) is 0 Å². The molecule has 0 bridgehead atoms. The molecule has 0 rings (SSSR count). The highest BCUT2D eigenvalue weighted by molar-refractivity contribution is 8.01. The molecule has 0 aromatic rings. The molecule has 0 aliphatic heterocycles. The summed E-state index contributed by atoms with van der Waals surface area (Å²) in [6.45, 7) is 2.81. The van der Waals surface area contributed by atoms with Crippen LogP contribution < -0.4 is 0 Å². The van der Waals surface area contributed by atoms with E-state index in [4.69, 9.17) is 4.74 Å². The van der Waals surface area contributed by atoms with Crippen molar-refractivity contribution in [2.45, 2.75) is 6.92 Å². The molecule has 0 heterocycles. The van der Waals surface area contributed by atoms with Gasteiger partial charge in [0.15, 0.2) is 0 Å². The van der Waals surface area contributed by atoms with Gasteiger partial charge >= 0.3 is 0 Å². The second-order valence-electron chi connectivity index (χ2n) is 1.63. The van der Waals surface area contributed by atoms with Gasteiger partial charge in [-0.25, -0.2) is 0 Å². The highest BCUT2D eigenvalue weighted by Crippen LogP contribution is 2.01. The first-order valence-corrected chi connectivity index (χ1v) is 3.77. The van der Waals surface area contributed by atoms with Gasteiger partial charge in [0.05, 0.1) is 6.61 Å². The minimum Gasteiger partial charge on any atom is -0.380 e. The lowest BCUT2D eigenvalue weighted by atomic mass is 10.4. The molecule has 1 nitrogen and oxygen atoms in total. The van der Waals surface area contributed by atoms with Crippen molar-refractivity contribution in [3.8, 4) is 0 Å². The summed E-state index contributed by atoms with van der Waals surface area (Å²) >= 11 is 1.71. The molecule has 48 valence electrons. The maximum absolute atomic E-state index is 4.87. The molecule has 0 fully saturated rings. The lowest BCUT2D eigenvalue weighted by Crippen LogP contribution is -1.87. The average molecular weight is 132 g/mol. The van der Waals surface area contributed by atoms with E-state index in [1.165, 1.54) is 5.57 Å². The SMILES string of the molecule is COCC(C)=CSC. The molecule has 0 amide bonds. The lowest BCUT2D eigenvalue weighted by Gasteiger charge is -1.94. The van der Waals surface area contributed by atoms with Crippen molar-refractivity contribution in [3.05, 3.63) is 11.0 Å². The molecule has 0 N–H and O–H groups in total. The molecule has 0 saturated heterocycles. The van der Waals surface area contributed by atoms with Crippen molar-refractivity contribution in [3.63, 3.8) is 0 Å². The third-order valence-corrected chi connectivity index (χ3v) is 1.33. The first-order chi connectivity index (χ1) is 3.81. The van der Waals surface area contributed by atoms with Gasteiger partial charge in [-0.2, -0.15) is 0 Å². The topological polar surface area (TPSA) is 9.23 Å². The van der Waals surface area contributed by atoms with Crippen molar-refractivity contribution >= 4 is 11.8 Å². The van der Waals surface area contributed by atoms with Crippen molar-refractivity contribution in [2.24, 2.45) is 0 Å². The van der Waals surface area contributed by atoms with Crippen molar-refractivity contribution in [2.75, 3.05) is 20.0 Å². The second kappa shape index (κ2) is 5.19. The van der Waals surface area contributed by atoms with E-state index < -0.39 is 0 Å². The number of hydrogen-bond acceptors (Lipinski definition) is 2. The van der Waals surface area contributed by atoms with Crippen LogP contribution in [0.3, 0.4) is 0 Å². The first-order valence-electron chi connectivity index (χ1n) is 2.48. The Hall–Kier alpha value is 0.0500. The molecular weight excluding hydrogens is 120 g/mol. The molecule has 8 heavy (non-hydrogen) atoms. The highest BCUT2D eigenvalue weighted by Gasteiger charge is 1.82. The van der Waals surface area contributed by atoms with Crippen LogP contribution in [0.25, 0.3) is 0 Å².